The summed E-state index contributed by atoms with van der Waals surface area (Å²) in [6.45, 7) is 16.5. The summed E-state index contributed by atoms with van der Waals surface area (Å²) in [4.78, 5) is 131. The zero-order valence-corrected chi connectivity index (χ0v) is 42.1. The highest BCUT2D eigenvalue weighted by Crippen LogP contribution is 2.15. The number of carbonyl (C=O) groups is 10. The van der Waals surface area contributed by atoms with E-state index >= 15 is 0 Å². The molecule has 1 aromatic carbocycles. The van der Waals surface area contributed by atoms with Crippen molar-refractivity contribution in [3.8, 4) is 5.75 Å². The summed E-state index contributed by atoms with van der Waals surface area (Å²) < 4.78 is 0. The number of primary amides is 1. The maximum Gasteiger partial charge on any atom is 0.305 e. The first kappa shape index (κ1) is 61.7. The van der Waals surface area contributed by atoms with Crippen LogP contribution in [0.5, 0.6) is 5.75 Å². The Labute approximate surface area is 409 Å². The topological polar surface area (TPSA) is 380 Å². The molecule has 0 saturated carbocycles. The molecule has 0 aromatic heterocycles. The number of benzene rings is 1. The van der Waals surface area contributed by atoms with Gasteiger partial charge < -0.3 is 69.3 Å². The van der Waals surface area contributed by atoms with Crippen LogP contribution in [0.4, 0.5) is 0 Å². The highest BCUT2D eigenvalue weighted by molar-refractivity contribution is 5.98. The summed E-state index contributed by atoms with van der Waals surface area (Å²) in [6.07, 6.45) is -0.706. The predicted molar refractivity (Wildman–Crippen MR) is 258 cm³/mol. The molecule has 0 heterocycles. The van der Waals surface area contributed by atoms with E-state index in [4.69, 9.17) is 11.5 Å². The lowest BCUT2D eigenvalue weighted by molar-refractivity contribution is -0.138. The summed E-state index contributed by atoms with van der Waals surface area (Å²) in [5.41, 5.74) is 11.3. The van der Waals surface area contributed by atoms with E-state index in [1.807, 2.05) is 0 Å². The van der Waals surface area contributed by atoms with E-state index in [0.717, 1.165) is 0 Å². The molecule has 0 bridgehead atoms. The molecular formula is C47H78N10O13. The molecule has 0 aliphatic heterocycles. The van der Waals surface area contributed by atoms with Gasteiger partial charge in [0.1, 0.15) is 48.0 Å². The van der Waals surface area contributed by atoms with Crippen molar-refractivity contribution in [3.05, 3.63) is 29.8 Å². The second-order valence-electron chi connectivity index (χ2n) is 19.4. The third kappa shape index (κ3) is 23.8. The van der Waals surface area contributed by atoms with Gasteiger partial charge in [-0.2, -0.15) is 0 Å². The maximum atomic E-state index is 14.2. The Morgan fingerprint density at radius 1 is 0.471 bits per heavy atom. The lowest BCUT2D eigenvalue weighted by Gasteiger charge is -2.28. The Hall–Kier alpha value is -6.36. The van der Waals surface area contributed by atoms with Crippen LogP contribution in [-0.4, -0.2) is 135 Å². The zero-order valence-electron chi connectivity index (χ0n) is 42.1. The number of carboxylic acids is 1. The molecule has 1 rings (SSSR count). The average Bonchev–Trinajstić information content (AvgIpc) is 3.24. The number of carboxylic acid groups (broad SMARTS) is 1. The maximum absolute atomic E-state index is 14.2. The van der Waals surface area contributed by atoms with E-state index in [2.05, 4.69) is 42.5 Å². The zero-order chi connectivity index (χ0) is 53.6. The summed E-state index contributed by atoms with van der Waals surface area (Å²) >= 11 is 0. The molecule has 23 heteroatoms. The Morgan fingerprint density at radius 2 is 0.800 bits per heavy atom. The van der Waals surface area contributed by atoms with Gasteiger partial charge in [-0.3, -0.25) is 47.9 Å². The Balaban J connectivity index is 3.38. The number of nitrogens with one attached hydrogen (secondary N) is 8. The van der Waals surface area contributed by atoms with Gasteiger partial charge in [0, 0.05) is 6.42 Å². The lowest BCUT2D eigenvalue weighted by atomic mass is 9.99. The second-order valence-corrected chi connectivity index (χ2v) is 19.4. The van der Waals surface area contributed by atoms with E-state index in [9.17, 15) is 63.3 Å². The third-order valence-corrected chi connectivity index (χ3v) is 10.6. The van der Waals surface area contributed by atoms with Crippen molar-refractivity contribution < 1.29 is 63.3 Å². The van der Waals surface area contributed by atoms with Crippen molar-refractivity contribution in [3.63, 3.8) is 0 Å². The molecule has 0 unspecified atom stereocenters. The second kappa shape index (κ2) is 30.3. The molecule has 0 saturated heterocycles. The number of carbonyl (C=O) groups excluding carboxylic acids is 9. The van der Waals surface area contributed by atoms with E-state index in [1.165, 1.54) is 38.1 Å². The van der Waals surface area contributed by atoms with Crippen molar-refractivity contribution in [1.29, 1.82) is 0 Å². The van der Waals surface area contributed by atoms with Crippen LogP contribution in [0.2, 0.25) is 0 Å². The number of hydrogen-bond donors (Lipinski definition) is 13. The third-order valence-electron chi connectivity index (χ3n) is 10.6. The van der Waals surface area contributed by atoms with Gasteiger partial charge in [0.25, 0.3) is 0 Å². The minimum Gasteiger partial charge on any atom is -0.508 e. The summed E-state index contributed by atoms with van der Waals surface area (Å²) in [6, 6.07) is -5.26. The number of aliphatic hydroxyl groups excluding tert-OH is 1. The molecule has 15 N–H and O–H groups in total. The molecule has 0 fully saturated rings. The van der Waals surface area contributed by atoms with E-state index in [1.54, 1.807) is 55.4 Å². The standard InChI is InChI=1S/C47H78N10O13/c1-23(2)15-33(55-45(68)35(17-25(5)6)53-40(63)27(9)50-42(65)32(48)21-38(49)60)43(66)51-28(10)41(64)54-37(19-29-11-13-31(59)14-12-29)47(70)57-36(18-26(7)8)46(69)56-34(16-24(3)4)44(67)52-30(22-58)20-39(61)62/h11-14,23-28,30,32-37,58-59H,15-22,48H2,1-10H3,(H2,49,60)(H,50,65)(H,51,66)(H,52,67)(H,53,63)(H,54,64)(H,55,68)(H,56,69)(H,57,70)(H,61,62)/t27-,28-,30-,32-,33-,34-,35-,36-,37-/m0/s1. The molecule has 0 radical (unpaired) electrons. The van der Waals surface area contributed by atoms with E-state index in [-0.39, 0.29) is 61.5 Å². The summed E-state index contributed by atoms with van der Waals surface area (Å²) in [7, 11) is 0. The Morgan fingerprint density at radius 3 is 1.16 bits per heavy atom. The highest BCUT2D eigenvalue weighted by Gasteiger charge is 2.34. The van der Waals surface area contributed by atoms with Crippen LogP contribution in [0.3, 0.4) is 0 Å². The first-order valence-electron chi connectivity index (χ1n) is 23.6. The van der Waals surface area contributed by atoms with Gasteiger partial charge in [-0.05, 0) is 80.9 Å². The smallest absolute Gasteiger partial charge is 0.305 e. The predicted octanol–water partition coefficient (Wildman–Crippen LogP) is -1.29. The molecule has 0 aliphatic carbocycles. The fourth-order valence-corrected chi connectivity index (χ4v) is 7.05. The van der Waals surface area contributed by atoms with Gasteiger partial charge >= 0.3 is 5.97 Å². The minimum absolute atomic E-state index is 0.0602. The van der Waals surface area contributed by atoms with Crippen LogP contribution in [0, 0.1) is 23.7 Å². The van der Waals surface area contributed by atoms with E-state index in [0.29, 0.717) is 5.56 Å². The fourth-order valence-electron chi connectivity index (χ4n) is 7.05. The average molecular weight is 991 g/mol. The van der Waals surface area contributed by atoms with Crippen molar-refractivity contribution in [1.82, 2.24) is 42.5 Å². The Bertz CT molecular complexity index is 1950. The number of aliphatic carboxylic acids is 1. The van der Waals surface area contributed by atoms with Gasteiger partial charge in [-0.25, -0.2) is 0 Å². The normalized spacial score (nSPS) is 15.2. The number of phenolic OH excluding ortho intramolecular Hbond substituents is 1. The van der Waals surface area contributed by atoms with Crippen LogP contribution in [0.1, 0.15) is 113 Å². The number of aromatic hydroxyl groups is 1. The number of nitrogens with two attached hydrogens (primary N) is 2. The van der Waals surface area contributed by atoms with Crippen LogP contribution >= 0.6 is 0 Å². The quantitative estimate of drug-likeness (QED) is 0.0412. The van der Waals surface area contributed by atoms with Crippen molar-refractivity contribution in [2.75, 3.05) is 6.61 Å². The van der Waals surface area contributed by atoms with Gasteiger partial charge in [0.15, 0.2) is 0 Å². The molecular weight excluding hydrogens is 913 g/mol. The molecule has 0 spiro atoms. The number of phenols is 1. The van der Waals surface area contributed by atoms with Gasteiger partial charge in [-0.15, -0.1) is 0 Å². The molecule has 9 amide bonds. The lowest BCUT2D eigenvalue weighted by Crippen LogP contribution is -2.60. The van der Waals surface area contributed by atoms with Gasteiger partial charge in [-0.1, -0.05) is 67.5 Å². The highest BCUT2D eigenvalue weighted by atomic mass is 16.4. The molecule has 0 aliphatic rings. The fraction of sp³-hybridized carbons (Fsp3) is 0.660. The number of hydrogen-bond acceptors (Lipinski definition) is 13. The SMILES string of the molecule is CC(C)C[C@H](NC(=O)[C@H](C)NC(=O)[C@@H](N)CC(N)=O)C(=O)N[C@@H](CC(C)C)C(=O)N[C@@H](C)C(=O)N[C@@H](Cc1ccc(O)cc1)C(=O)N[C@@H](CC(C)C)C(=O)N[C@@H](CC(C)C)C(=O)N[C@H](CO)CC(=O)O. The first-order valence-corrected chi connectivity index (χ1v) is 23.6. The number of amides is 9. The summed E-state index contributed by atoms with van der Waals surface area (Å²) in [5, 5.41) is 49.5. The van der Waals surface area contributed by atoms with Gasteiger partial charge in [0.2, 0.25) is 53.2 Å². The first-order chi connectivity index (χ1) is 32.5. The molecule has 23 nitrogen and oxygen atoms in total. The molecule has 1 aromatic rings. The largest absolute Gasteiger partial charge is 0.508 e. The number of rotatable bonds is 31. The van der Waals surface area contributed by atoms with Crippen LogP contribution in [0.25, 0.3) is 0 Å². The Kier molecular flexibility index (Phi) is 26.7. The van der Waals surface area contributed by atoms with Gasteiger partial charge in [0.05, 0.1) is 31.5 Å². The van der Waals surface area contributed by atoms with Crippen molar-refractivity contribution in [2.45, 2.75) is 169 Å². The molecule has 70 heavy (non-hydrogen) atoms. The van der Waals surface area contributed by atoms with Crippen molar-refractivity contribution >= 4 is 59.1 Å². The minimum atomic E-state index is -1.37. The molecule has 394 valence electrons. The van der Waals surface area contributed by atoms with E-state index < -0.39 is 133 Å². The van der Waals surface area contributed by atoms with Crippen LogP contribution in [-0.2, 0) is 54.4 Å². The van der Waals surface area contributed by atoms with Crippen LogP contribution < -0.4 is 54.0 Å². The van der Waals surface area contributed by atoms with Crippen LogP contribution in [0.15, 0.2) is 24.3 Å². The number of aliphatic hydroxyl groups is 1. The molecule has 9 atom stereocenters. The monoisotopic (exact) mass is 991 g/mol. The summed E-state index contributed by atoms with van der Waals surface area (Å²) in [5.74, 6) is -8.86. The van der Waals surface area contributed by atoms with Crippen molar-refractivity contribution in [2.24, 2.45) is 35.1 Å².